The molecule has 0 saturated heterocycles. The number of nitro benzene ring substituents is 1. The lowest BCUT2D eigenvalue weighted by Crippen LogP contribution is -2.03. The van der Waals surface area contributed by atoms with Crippen molar-refractivity contribution in [2.24, 2.45) is 0 Å². The van der Waals surface area contributed by atoms with Gasteiger partial charge in [-0.2, -0.15) is 0 Å². The van der Waals surface area contributed by atoms with Gasteiger partial charge in [0, 0.05) is 28.6 Å². The molecule has 2 heterocycles. The average Bonchev–Trinajstić information content (AvgIpc) is 3.19. The van der Waals surface area contributed by atoms with Gasteiger partial charge in [-0.25, -0.2) is 14.4 Å². The van der Waals surface area contributed by atoms with Crippen molar-refractivity contribution < 1.29 is 14.1 Å². The Bertz CT molecular complexity index is 1290. The Morgan fingerprint density at radius 3 is 2.83 bits per heavy atom. The third kappa shape index (κ3) is 3.94. The van der Waals surface area contributed by atoms with E-state index < -0.39 is 4.92 Å². The van der Waals surface area contributed by atoms with Crippen LogP contribution < -0.4 is 0 Å². The number of benzene rings is 2. The summed E-state index contributed by atoms with van der Waals surface area (Å²) in [4.78, 5) is 32.6. The van der Waals surface area contributed by atoms with Crippen LogP contribution in [0.3, 0.4) is 0 Å². The number of aryl methyl sites for hydroxylation is 1. The lowest BCUT2D eigenvalue weighted by Gasteiger charge is -2.06. The summed E-state index contributed by atoms with van der Waals surface area (Å²) in [5.41, 5.74) is 2.33. The van der Waals surface area contributed by atoms with Gasteiger partial charge in [-0.3, -0.25) is 14.9 Å². The van der Waals surface area contributed by atoms with Crippen LogP contribution in [0.5, 0.6) is 0 Å². The number of aromatic nitrogens is 2. The molecule has 0 N–H and O–H groups in total. The van der Waals surface area contributed by atoms with E-state index in [4.69, 9.17) is 0 Å². The molecule has 0 fully saturated rings. The van der Waals surface area contributed by atoms with Crippen molar-refractivity contribution in [2.45, 2.75) is 11.9 Å². The Kier molecular flexibility index (Phi) is 5.56. The van der Waals surface area contributed by atoms with Gasteiger partial charge < -0.3 is 0 Å². The molecule has 9 heteroatoms. The minimum absolute atomic E-state index is 0.000222. The van der Waals surface area contributed by atoms with Crippen LogP contribution in [0.15, 0.2) is 59.2 Å². The molecule has 4 rings (SSSR count). The Morgan fingerprint density at radius 1 is 1.23 bits per heavy atom. The Morgan fingerprint density at radius 2 is 2.07 bits per heavy atom. The zero-order valence-corrected chi connectivity index (χ0v) is 17.3. The second-order valence-corrected chi connectivity index (χ2v) is 8.31. The van der Waals surface area contributed by atoms with Crippen molar-refractivity contribution in [2.75, 3.05) is 5.75 Å². The number of Topliss-reactive ketones (excluding diaryl/α,β-unsaturated/α-hetero) is 1. The molecule has 2 aromatic carbocycles. The predicted molar refractivity (Wildman–Crippen MR) is 116 cm³/mol. The van der Waals surface area contributed by atoms with Crippen LogP contribution in [-0.4, -0.2) is 26.4 Å². The number of thiophene rings is 1. The molecule has 4 aromatic rings. The quantitative estimate of drug-likeness (QED) is 0.126. The van der Waals surface area contributed by atoms with Crippen LogP contribution in [0.1, 0.15) is 15.9 Å². The summed E-state index contributed by atoms with van der Waals surface area (Å²) in [5, 5.41) is 14.4. The molecule has 0 aliphatic rings. The zero-order valence-electron chi connectivity index (χ0n) is 15.7. The summed E-state index contributed by atoms with van der Waals surface area (Å²) in [7, 11) is 0. The maximum Gasteiger partial charge on any atom is 0.270 e. The maximum atomic E-state index is 13.5. The van der Waals surface area contributed by atoms with Crippen molar-refractivity contribution >= 4 is 44.8 Å². The molecule has 0 amide bonds. The monoisotopic (exact) mass is 439 g/mol. The molecule has 30 heavy (non-hydrogen) atoms. The molecule has 0 spiro atoms. The van der Waals surface area contributed by atoms with Gasteiger partial charge in [0.25, 0.3) is 5.69 Å². The number of halogens is 1. The van der Waals surface area contributed by atoms with Gasteiger partial charge in [-0.15, -0.1) is 11.3 Å². The van der Waals surface area contributed by atoms with Crippen LogP contribution in [-0.2, 0) is 0 Å². The molecule has 0 saturated carbocycles. The van der Waals surface area contributed by atoms with Gasteiger partial charge in [0.05, 0.1) is 16.1 Å². The molecule has 0 radical (unpaired) electrons. The number of carbonyl (C=O) groups excluding carboxylic acids is 1. The fraction of sp³-hybridized carbons (Fsp3) is 0.0952. The highest BCUT2D eigenvalue weighted by atomic mass is 32.2. The lowest BCUT2D eigenvalue weighted by molar-refractivity contribution is -0.384. The normalized spacial score (nSPS) is 11.0. The second kappa shape index (κ2) is 8.29. The van der Waals surface area contributed by atoms with E-state index in [-0.39, 0.29) is 23.0 Å². The summed E-state index contributed by atoms with van der Waals surface area (Å²) in [6, 6.07) is 10.7. The largest absolute Gasteiger partial charge is 0.293 e. The van der Waals surface area contributed by atoms with E-state index in [0.29, 0.717) is 21.7 Å². The van der Waals surface area contributed by atoms with E-state index in [2.05, 4.69) is 9.97 Å². The van der Waals surface area contributed by atoms with Crippen LogP contribution in [0, 0.1) is 22.9 Å². The first kappa shape index (κ1) is 20.1. The molecule has 0 atom stereocenters. The third-order valence-electron chi connectivity index (χ3n) is 4.52. The van der Waals surface area contributed by atoms with E-state index in [0.717, 1.165) is 15.8 Å². The molecular weight excluding hydrogens is 425 g/mol. The minimum atomic E-state index is -0.437. The fourth-order valence-electron chi connectivity index (χ4n) is 2.99. The van der Waals surface area contributed by atoms with Gasteiger partial charge in [-0.1, -0.05) is 23.9 Å². The highest BCUT2D eigenvalue weighted by Crippen LogP contribution is 2.38. The van der Waals surface area contributed by atoms with Crippen LogP contribution in [0.4, 0.5) is 10.1 Å². The molecule has 0 aliphatic heterocycles. The van der Waals surface area contributed by atoms with E-state index >= 15 is 0 Å². The smallest absolute Gasteiger partial charge is 0.270 e. The predicted octanol–water partition coefficient (Wildman–Crippen LogP) is 5.69. The van der Waals surface area contributed by atoms with Crippen LogP contribution in [0.2, 0.25) is 0 Å². The molecule has 0 aliphatic carbocycles. The fourth-order valence-corrected chi connectivity index (χ4v) is 4.88. The second-order valence-electron chi connectivity index (χ2n) is 6.49. The molecule has 2 aromatic heterocycles. The van der Waals surface area contributed by atoms with Crippen molar-refractivity contribution in [3.05, 3.63) is 81.2 Å². The van der Waals surface area contributed by atoms with E-state index in [1.165, 1.54) is 59.8 Å². The SMILES string of the molecule is Cc1cc(C(=O)CSc2ncnc3scc(-c4cccc([N+](=O)[O-])c4)c23)ccc1F. The third-order valence-corrected chi connectivity index (χ3v) is 6.40. The van der Waals surface area contributed by atoms with Crippen LogP contribution in [0.25, 0.3) is 21.3 Å². The first-order valence-corrected chi connectivity index (χ1v) is 10.7. The Hall–Kier alpha value is -3.17. The number of ketones is 1. The van der Waals surface area contributed by atoms with Gasteiger partial charge in [0.2, 0.25) is 0 Å². The molecule has 6 nitrogen and oxygen atoms in total. The number of nitrogens with zero attached hydrogens (tertiary/aromatic N) is 3. The van der Waals surface area contributed by atoms with E-state index in [1.807, 2.05) is 5.38 Å². The summed E-state index contributed by atoms with van der Waals surface area (Å²) in [5.74, 6) is -0.361. The number of thioether (sulfide) groups is 1. The molecule has 0 bridgehead atoms. The topological polar surface area (TPSA) is 86.0 Å². The van der Waals surface area contributed by atoms with Crippen LogP contribution >= 0.6 is 23.1 Å². The molecule has 0 unspecified atom stereocenters. The lowest BCUT2D eigenvalue weighted by atomic mass is 10.1. The van der Waals surface area contributed by atoms with Crippen molar-refractivity contribution in [3.8, 4) is 11.1 Å². The minimum Gasteiger partial charge on any atom is -0.293 e. The summed E-state index contributed by atoms with van der Waals surface area (Å²) >= 11 is 2.68. The van der Waals surface area contributed by atoms with E-state index in [1.54, 1.807) is 19.1 Å². The zero-order chi connectivity index (χ0) is 21.3. The standard InChI is InChI=1S/C21H14FN3O3S2/c1-12-7-14(5-6-17(12)22)18(26)10-30-21-19-16(9-29-20(19)23-11-24-21)13-3-2-4-15(8-13)25(27)28/h2-9,11H,10H2,1H3. The summed E-state index contributed by atoms with van der Waals surface area (Å²) < 4.78 is 13.5. The molecular formula is C21H14FN3O3S2. The van der Waals surface area contributed by atoms with Crippen molar-refractivity contribution in [1.82, 2.24) is 9.97 Å². The summed E-state index contributed by atoms with van der Waals surface area (Å²) in [6.45, 7) is 1.61. The molecule has 150 valence electrons. The summed E-state index contributed by atoms with van der Waals surface area (Å²) in [6.07, 6.45) is 1.44. The number of hydrogen-bond donors (Lipinski definition) is 0. The highest BCUT2D eigenvalue weighted by molar-refractivity contribution is 8.00. The highest BCUT2D eigenvalue weighted by Gasteiger charge is 2.17. The number of rotatable bonds is 6. The van der Waals surface area contributed by atoms with Gasteiger partial charge in [0.15, 0.2) is 5.78 Å². The van der Waals surface area contributed by atoms with E-state index in [9.17, 15) is 19.3 Å². The Labute approximate surface area is 179 Å². The van der Waals surface area contributed by atoms with Crippen molar-refractivity contribution in [3.63, 3.8) is 0 Å². The van der Waals surface area contributed by atoms with Gasteiger partial charge in [0.1, 0.15) is 22.0 Å². The average molecular weight is 439 g/mol. The number of fused-ring (bicyclic) bond motifs is 1. The number of nitro groups is 1. The number of hydrogen-bond acceptors (Lipinski definition) is 7. The first-order chi connectivity index (χ1) is 14.4. The van der Waals surface area contributed by atoms with Gasteiger partial charge >= 0.3 is 0 Å². The van der Waals surface area contributed by atoms with Gasteiger partial charge in [-0.05, 0) is 36.2 Å². The number of non-ortho nitro benzene ring substituents is 1. The maximum absolute atomic E-state index is 13.5. The number of carbonyl (C=O) groups is 1. The Balaban J connectivity index is 1.66. The first-order valence-electron chi connectivity index (χ1n) is 8.83. The van der Waals surface area contributed by atoms with Crippen molar-refractivity contribution in [1.29, 1.82) is 0 Å².